The Morgan fingerprint density at radius 1 is 1.21 bits per heavy atom. The summed E-state index contributed by atoms with van der Waals surface area (Å²) in [6.45, 7) is 8.91. The predicted molar refractivity (Wildman–Crippen MR) is 58.2 cm³/mol. The van der Waals surface area contributed by atoms with Gasteiger partial charge in [-0.2, -0.15) is 0 Å². The largest absolute Gasteiger partial charge is 0.390 e. The molecule has 0 aromatic carbocycles. The van der Waals surface area contributed by atoms with E-state index in [1.807, 2.05) is 0 Å². The highest BCUT2D eigenvalue weighted by molar-refractivity contribution is 4.73. The van der Waals surface area contributed by atoms with Gasteiger partial charge in [-0.3, -0.25) is 4.90 Å². The first-order valence-corrected chi connectivity index (χ1v) is 5.59. The normalized spacial score (nSPS) is 22.5. The molecule has 0 amide bonds. The van der Waals surface area contributed by atoms with Gasteiger partial charge in [-0.25, -0.2) is 0 Å². The van der Waals surface area contributed by atoms with Crippen molar-refractivity contribution >= 4 is 0 Å². The molecule has 0 saturated carbocycles. The molecular weight excluding hydrogens is 178 g/mol. The summed E-state index contributed by atoms with van der Waals surface area (Å²) in [6.07, 6.45) is 0.874. The number of β-amino-alcohol motifs (C(OH)–C–C–N with tert-alkyl or cyclic N) is 1. The van der Waals surface area contributed by atoms with Crippen molar-refractivity contribution in [1.82, 2.24) is 9.80 Å². The molecule has 1 aliphatic heterocycles. The Morgan fingerprint density at radius 2 is 1.79 bits per heavy atom. The highest BCUT2D eigenvalue weighted by Crippen LogP contribution is 2.02. The number of rotatable bonds is 5. The highest BCUT2D eigenvalue weighted by atomic mass is 16.3. The van der Waals surface area contributed by atoms with E-state index in [1.54, 1.807) is 0 Å². The third-order valence-corrected chi connectivity index (χ3v) is 2.75. The van der Waals surface area contributed by atoms with Crippen molar-refractivity contribution in [3.63, 3.8) is 0 Å². The summed E-state index contributed by atoms with van der Waals surface area (Å²) in [6, 6.07) is 0. The molecular formula is C10H23N3O. The van der Waals surface area contributed by atoms with Crippen LogP contribution in [0.4, 0.5) is 0 Å². The second-order valence-electron chi connectivity index (χ2n) is 4.03. The van der Waals surface area contributed by atoms with E-state index in [2.05, 4.69) is 16.7 Å². The van der Waals surface area contributed by atoms with Gasteiger partial charge in [-0.15, -0.1) is 0 Å². The molecule has 1 atom stereocenters. The van der Waals surface area contributed by atoms with Crippen LogP contribution < -0.4 is 5.73 Å². The van der Waals surface area contributed by atoms with Gasteiger partial charge in [0, 0.05) is 39.3 Å². The summed E-state index contributed by atoms with van der Waals surface area (Å²) >= 11 is 0. The lowest BCUT2D eigenvalue weighted by Gasteiger charge is -2.35. The summed E-state index contributed by atoms with van der Waals surface area (Å²) in [5.41, 5.74) is 5.38. The molecule has 1 unspecified atom stereocenters. The summed E-state index contributed by atoms with van der Waals surface area (Å²) in [5.74, 6) is 0. The molecule has 0 aromatic rings. The van der Waals surface area contributed by atoms with Gasteiger partial charge in [0.1, 0.15) is 0 Å². The summed E-state index contributed by atoms with van der Waals surface area (Å²) < 4.78 is 0. The molecule has 3 N–H and O–H groups in total. The van der Waals surface area contributed by atoms with Crippen molar-refractivity contribution in [2.75, 3.05) is 45.8 Å². The van der Waals surface area contributed by atoms with Crippen molar-refractivity contribution in [3.8, 4) is 0 Å². The van der Waals surface area contributed by atoms with Crippen molar-refractivity contribution in [2.45, 2.75) is 19.4 Å². The lowest BCUT2D eigenvalue weighted by Crippen LogP contribution is -2.49. The number of piperazine rings is 1. The first kappa shape index (κ1) is 11.9. The Bertz CT molecular complexity index is 146. The number of hydrogen-bond donors (Lipinski definition) is 2. The van der Waals surface area contributed by atoms with Crippen LogP contribution in [0.25, 0.3) is 0 Å². The van der Waals surface area contributed by atoms with Crippen LogP contribution in [0.3, 0.4) is 0 Å². The van der Waals surface area contributed by atoms with E-state index in [0.717, 1.165) is 32.7 Å². The maximum absolute atomic E-state index is 9.40. The fourth-order valence-corrected chi connectivity index (χ4v) is 1.88. The average molecular weight is 201 g/mol. The van der Waals surface area contributed by atoms with Gasteiger partial charge >= 0.3 is 0 Å². The fraction of sp³-hybridized carbons (Fsp3) is 1.00. The maximum Gasteiger partial charge on any atom is 0.0789 e. The number of nitrogens with two attached hydrogens (primary N) is 1. The molecule has 0 bridgehead atoms. The van der Waals surface area contributed by atoms with Gasteiger partial charge in [0.05, 0.1) is 6.10 Å². The van der Waals surface area contributed by atoms with Crippen LogP contribution in [-0.4, -0.2) is 66.8 Å². The first-order chi connectivity index (χ1) is 6.76. The molecule has 0 aliphatic carbocycles. The molecule has 1 fully saturated rings. The van der Waals surface area contributed by atoms with Crippen molar-refractivity contribution in [1.29, 1.82) is 0 Å². The van der Waals surface area contributed by atoms with E-state index in [0.29, 0.717) is 6.54 Å². The van der Waals surface area contributed by atoms with E-state index in [1.165, 1.54) is 13.0 Å². The Labute approximate surface area is 86.7 Å². The molecule has 14 heavy (non-hydrogen) atoms. The van der Waals surface area contributed by atoms with Gasteiger partial charge in [-0.05, 0) is 13.0 Å². The monoisotopic (exact) mass is 201 g/mol. The standard InChI is InChI=1S/C10H23N3O/c1-2-3-12-4-6-13(7-5-12)9-10(14)8-11/h10,14H,2-9,11H2,1H3. The minimum atomic E-state index is -0.354. The number of aliphatic hydroxyl groups is 1. The van der Waals surface area contributed by atoms with Crippen LogP contribution >= 0.6 is 0 Å². The van der Waals surface area contributed by atoms with Gasteiger partial charge in [0.15, 0.2) is 0 Å². The number of nitrogens with zero attached hydrogens (tertiary/aromatic N) is 2. The second kappa shape index (κ2) is 6.35. The van der Waals surface area contributed by atoms with Crippen LogP contribution in [0, 0.1) is 0 Å². The third-order valence-electron chi connectivity index (χ3n) is 2.75. The lowest BCUT2D eigenvalue weighted by atomic mass is 10.2. The zero-order valence-electron chi connectivity index (χ0n) is 9.15. The zero-order chi connectivity index (χ0) is 10.4. The molecule has 84 valence electrons. The minimum absolute atomic E-state index is 0.354. The van der Waals surface area contributed by atoms with Crippen LogP contribution in [-0.2, 0) is 0 Å². The van der Waals surface area contributed by atoms with Gasteiger partial charge in [0.2, 0.25) is 0 Å². The molecule has 4 heteroatoms. The zero-order valence-corrected chi connectivity index (χ0v) is 9.15. The highest BCUT2D eigenvalue weighted by Gasteiger charge is 2.17. The van der Waals surface area contributed by atoms with E-state index < -0.39 is 0 Å². The molecule has 0 radical (unpaired) electrons. The minimum Gasteiger partial charge on any atom is -0.390 e. The molecule has 1 aliphatic rings. The lowest BCUT2D eigenvalue weighted by molar-refractivity contribution is 0.0766. The molecule has 1 heterocycles. The SMILES string of the molecule is CCCN1CCN(CC(O)CN)CC1. The van der Waals surface area contributed by atoms with Crippen LogP contribution in [0.1, 0.15) is 13.3 Å². The van der Waals surface area contributed by atoms with Crippen molar-refractivity contribution in [3.05, 3.63) is 0 Å². The average Bonchev–Trinajstić information content (AvgIpc) is 2.21. The molecule has 1 saturated heterocycles. The quantitative estimate of drug-likeness (QED) is 0.620. The number of hydrogen-bond acceptors (Lipinski definition) is 4. The molecule has 0 spiro atoms. The first-order valence-electron chi connectivity index (χ1n) is 5.59. The number of aliphatic hydroxyl groups excluding tert-OH is 1. The van der Waals surface area contributed by atoms with Crippen molar-refractivity contribution in [2.24, 2.45) is 5.73 Å². The Balaban J connectivity index is 2.15. The van der Waals surface area contributed by atoms with E-state index in [9.17, 15) is 5.11 Å². The third kappa shape index (κ3) is 3.92. The van der Waals surface area contributed by atoms with Gasteiger partial charge < -0.3 is 15.7 Å². The molecule has 4 nitrogen and oxygen atoms in total. The van der Waals surface area contributed by atoms with Crippen LogP contribution in [0.2, 0.25) is 0 Å². The Kier molecular flexibility index (Phi) is 5.40. The Hall–Kier alpha value is -0.160. The van der Waals surface area contributed by atoms with Crippen LogP contribution in [0.5, 0.6) is 0 Å². The van der Waals surface area contributed by atoms with Crippen LogP contribution in [0.15, 0.2) is 0 Å². The van der Waals surface area contributed by atoms with Crippen molar-refractivity contribution < 1.29 is 5.11 Å². The molecule has 1 rings (SSSR count). The molecule has 0 aromatic heterocycles. The smallest absolute Gasteiger partial charge is 0.0789 e. The summed E-state index contributed by atoms with van der Waals surface area (Å²) in [5, 5.41) is 9.40. The topological polar surface area (TPSA) is 52.7 Å². The maximum atomic E-state index is 9.40. The van der Waals surface area contributed by atoms with Gasteiger partial charge in [-0.1, -0.05) is 6.92 Å². The summed E-state index contributed by atoms with van der Waals surface area (Å²) in [4.78, 5) is 4.77. The van der Waals surface area contributed by atoms with Gasteiger partial charge in [0.25, 0.3) is 0 Å². The van der Waals surface area contributed by atoms with E-state index in [4.69, 9.17) is 5.73 Å². The second-order valence-corrected chi connectivity index (χ2v) is 4.03. The Morgan fingerprint density at radius 3 is 2.29 bits per heavy atom. The van der Waals surface area contributed by atoms with E-state index >= 15 is 0 Å². The predicted octanol–water partition coefficient (Wildman–Crippen LogP) is -0.666. The summed E-state index contributed by atoms with van der Waals surface area (Å²) in [7, 11) is 0. The van der Waals surface area contributed by atoms with E-state index in [-0.39, 0.29) is 6.10 Å². The fourth-order valence-electron chi connectivity index (χ4n) is 1.88.